The molecule has 0 aliphatic heterocycles. The van der Waals surface area contributed by atoms with Crippen LogP contribution in [0.15, 0.2) is 12.3 Å². The number of aromatic carboxylic acids is 1. The zero-order valence-electron chi connectivity index (χ0n) is 7.93. The molecule has 0 bridgehead atoms. The van der Waals surface area contributed by atoms with Crippen molar-refractivity contribution in [2.45, 2.75) is 13.0 Å². The molecule has 78 valence electrons. The first-order valence-electron chi connectivity index (χ1n) is 4.35. The van der Waals surface area contributed by atoms with Crippen LogP contribution in [0.4, 0.5) is 0 Å². The van der Waals surface area contributed by atoms with E-state index in [2.05, 4.69) is 15.0 Å². The van der Waals surface area contributed by atoms with Crippen molar-refractivity contribution in [2.75, 3.05) is 0 Å². The summed E-state index contributed by atoms with van der Waals surface area (Å²) in [5, 5.41) is 18.2. The number of H-pyrrole nitrogens is 1. The number of aliphatic hydroxyl groups excluding tert-OH is 1. The van der Waals surface area contributed by atoms with E-state index < -0.39 is 12.1 Å². The van der Waals surface area contributed by atoms with E-state index in [1.807, 2.05) is 0 Å². The molecular formula is C9H9N3O3. The van der Waals surface area contributed by atoms with E-state index in [-0.39, 0.29) is 5.56 Å². The Labute approximate surface area is 84.6 Å². The largest absolute Gasteiger partial charge is 0.478 e. The van der Waals surface area contributed by atoms with Gasteiger partial charge in [0, 0.05) is 6.20 Å². The fraction of sp³-hybridized carbons (Fsp3) is 0.222. The number of fused-ring (bicyclic) bond motifs is 1. The maximum absolute atomic E-state index is 10.9. The van der Waals surface area contributed by atoms with Gasteiger partial charge in [-0.3, -0.25) is 0 Å². The third kappa shape index (κ3) is 1.55. The van der Waals surface area contributed by atoms with Crippen LogP contribution in [-0.4, -0.2) is 31.1 Å². The van der Waals surface area contributed by atoms with Crippen LogP contribution in [0.3, 0.4) is 0 Å². The molecule has 15 heavy (non-hydrogen) atoms. The minimum absolute atomic E-state index is 0.0967. The van der Waals surface area contributed by atoms with E-state index in [9.17, 15) is 9.90 Å². The van der Waals surface area contributed by atoms with Crippen LogP contribution in [0.25, 0.3) is 11.2 Å². The molecule has 0 aliphatic carbocycles. The number of imidazole rings is 1. The second-order valence-corrected chi connectivity index (χ2v) is 3.16. The lowest BCUT2D eigenvalue weighted by molar-refractivity contribution is 0.0698. The molecule has 2 heterocycles. The molecule has 2 rings (SSSR count). The average molecular weight is 207 g/mol. The smallest absolute Gasteiger partial charge is 0.338 e. The molecule has 0 aliphatic rings. The Balaban J connectivity index is 2.70. The van der Waals surface area contributed by atoms with Crippen molar-refractivity contribution in [1.82, 2.24) is 15.0 Å². The molecule has 2 aromatic rings. The molecule has 6 heteroatoms. The van der Waals surface area contributed by atoms with Gasteiger partial charge >= 0.3 is 5.97 Å². The van der Waals surface area contributed by atoms with Gasteiger partial charge in [-0.05, 0) is 13.0 Å². The first-order valence-corrected chi connectivity index (χ1v) is 4.35. The quantitative estimate of drug-likeness (QED) is 0.673. The molecule has 6 nitrogen and oxygen atoms in total. The summed E-state index contributed by atoms with van der Waals surface area (Å²) in [4.78, 5) is 21.5. The van der Waals surface area contributed by atoms with Crippen molar-refractivity contribution in [3.63, 3.8) is 0 Å². The molecule has 0 saturated carbocycles. The van der Waals surface area contributed by atoms with Crippen LogP contribution in [0.2, 0.25) is 0 Å². The first-order chi connectivity index (χ1) is 7.09. The predicted molar refractivity (Wildman–Crippen MR) is 51.5 cm³/mol. The molecule has 1 atom stereocenters. The third-order valence-electron chi connectivity index (χ3n) is 2.04. The number of aliphatic hydroxyl groups is 1. The van der Waals surface area contributed by atoms with Gasteiger partial charge < -0.3 is 15.2 Å². The normalized spacial score (nSPS) is 12.9. The van der Waals surface area contributed by atoms with Gasteiger partial charge in [0.2, 0.25) is 0 Å². The Morgan fingerprint density at radius 1 is 1.60 bits per heavy atom. The van der Waals surface area contributed by atoms with Crippen LogP contribution in [0.5, 0.6) is 0 Å². The second-order valence-electron chi connectivity index (χ2n) is 3.16. The van der Waals surface area contributed by atoms with Gasteiger partial charge in [0.05, 0.1) is 11.1 Å². The number of rotatable bonds is 2. The lowest BCUT2D eigenvalue weighted by Crippen LogP contribution is -1.98. The molecule has 2 aromatic heterocycles. The number of aromatic amines is 1. The van der Waals surface area contributed by atoms with Crippen molar-refractivity contribution >= 4 is 17.1 Å². The van der Waals surface area contributed by atoms with E-state index in [1.165, 1.54) is 19.2 Å². The molecule has 0 amide bonds. The van der Waals surface area contributed by atoms with Gasteiger partial charge in [0.1, 0.15) is 11.9 Å². The Morgan fingerprint density at radius 3 is 2.93 bits per heavy atom. The number of carboxylic acids is 1. The first kappa shape index (κ1) is 9.60. The maximum Gasteiger partial charge on any atom is 0.338 e. The summed E-state index contributed by atoms with van der Waals surface area (Å²) in [5.74, 6) is -0.741. The van der Waals surface area contributed by atoms with Crippen LogP contribution in [0.1, 0.15) is 29.2 Å². The minimum Gasteiger partial charge on any atom is -0.478 e. The SMILES string of the molecule is C[C@H](O)c1nc2nccc(C(=O)O)c2[nH]1. The Bertz CT molecular complexity index is 518. The third-order valence-corrected chi connectivity index (χ3v) is 2.04. The summed E-state index contributed by atoms with van der Waals surface area (Å²) in [6.45, 7) is 1.54. The van der Waals surface area contributed by atoms with Crippen LogP contribution < -0.4 is 0 Å². The highest BCUT2D eigenvalue weighted by Gasteiger charge is 2.14. The number of carboxylic acid groups (broad SMARTS) is 1. The minimum atomic E-state index is -1.05. The Kier molecular flexibility index (Phi) is 2.12. The van der Waals surface area contributed by atoms with Gasteiger partial charge in [-0.2, -0.15) is 0 Å². The van der Waals surface area contributed by atoms with Crippen LogP contribution in [-0.2, 0) is 0 Å². The molecule has 0 spiro atoms. The summed E-state index contributed by atoms with van der Waals surface area (Å²) in [6, 6.07) is 1.38. The maximum atomic E-state index is 10.9. The van der Waals surface area contributed by atoms with Crippen molar-refractivity contribution in [3.8, 4) is 0 Å². The summed E-state index contributed by atoms with van der Waals surface area (Å²) in [7, 11) is 0. The van der Waals surface area contributed by atoms with Crippen molar-refractivity contribution in [2.24, 2.45) is 0 Å². The van der Waals surface area contributed by atoms with E-state index >= 15 is 0 Å². The lowest BCUT2D eigenvalue weighted by Gasteiger charge is -1.96. The van der Waals surface area contributed by atoms with E-state index in [0.29, 0.717) is 17.0 Å². The van der Waals surface area contributed by atoms with E-state index in [4.69, 9.17) is 5.11 Å². The highest BCUT2D eigenvalue weighted by molar-refractivity contribution is 5.99. The number of hydrogen-bond donors (Lipinski definition) is 3. The van der Waals surface area contributed by atoms with Crippen molar-refractivity contribution in [1.29, 1.82) is 0 Å². The van der Waals surface area contributed by atoms with E-state index in [0.717, 1.165) is 0 Å². The Morgan fingerprint density at radius 2 is 2.33 bits per heavy atom. The molecule has 0 saturated heterocycles. The zero-order chi connectivity index (χ0) is 11.0. The predicted octanol–water partition coefficient (Wildman–Crippen LogP) is 0.709. The highest BCUT2D eigenvalue weighted by atomic mass is 16.4. The van der Waals surface area contributed by atoms with Gasteiger partial charge in [-0.15, -0.1) is 0 Å². The molecule has 0 fully saturated rings. The summed E-state index contributed by atoms with van der Waals surface area (Å²) >= 11 is 0. The number of hydrogen-bond acceptors (Lipinski definition) is 4. The van der Waals surface area contributed by atoms with Gasteiger partial charge in [0.15, 0.2) is 5.65 Å². The standard InChI is InChI=1S/C9H9N3O3/c1-4(13)7-11-6-5(9(14)15)2-3-10-8(6)12-7/h2-4,13H,1H3,(H,14,15)(H,10,11,12)/t4-/m0/s1. The summed E-state index contributed by atoms with van der Waals surface area (Å²) in [6.07, 6.45) is 0.596. The number of nitrogens with one attached hydrogen (secondary N) is 1. The number of nitrogens with zero attached hydrogens (tertiary/aromatic N) is 2. The monoisotopic (exact) mass is 207 g/mol. The molecular weight excluding hydrogens is 198 g/mol. The fourth-order valence-electron chi connectivity index (χ4n) is 1.30. The lowest BCUT2D eigenvalue weighted by atomic mass is 10.2. The van der Waals surface area contributed by atoms with E-state index in [1.54, 1.807) is 0 Å². The molecule has 0 radical (unpaired) electrons. The molecule has 0 aromatic carbocycles. The second kappa shape index (κ2) is 3.32. The average Bonchev–Trinajstić information content (AvgIpc) is 2.60. The Hall–Kier alpha value is -1.95. The molecule has 0 unspecified atom stereocenters. The van der Waals surface area contributed by atoms with Gasteiger partial charge in [0.25, 0.3) is 0 Å². The summed E-state index contributed by atoms with van der Waals surface area (Å²) < 4.78 is 0. The number of pyridine rings is 1. The van der Waals surface area contributed by atoms with Crippen molar-refractivity contribution < 1.29 is 15.0 Å². The number of carbonyl (C=O) groups is 1. The van der Waals surface area contributed by atoms with Crippen LogP contribution in [0, 0.1) is 0 Å². The van der Waals surface area contributed by atoms with Gasteiger partial charge in [-0.25, -0.2) is 14.8 Å². The van der Waals surface area contributed by atoms with Gasteiger partial charge in [-0.1, -0.05) is 0 Å². The highest BCUT2D eigenvalue weighted by Crippen LogP contribution is 2.17. The number of aromatic nitrogens is 3. The van der Waals surface area contributed by atoms with Crippen LogP contribution >= 0.6 is 0 Å². The van der Waals surface area contributed by atoms with Crippen molar-refractivity contribution in [3.05, 3.63) is 23.7 Å². The topological polar surface area (TPSA) is 99.1 Å². The molecule has 3 N–H and O–H groups in total. The fourth-order valence-corrected chi connectivity index (χ4v) is 1.30. The summed E-state index contributed by atoms with van der Waals surface area (Å²) in [5.41, 5.74) is 0.728. The zero-order valence-corrected chi connectivity index (χ0v) is 7.93.